The molecule has 0 fully saturated rings. The van der Waals surface area contributed by atoms with Gasteiger partial charge in [-0.15, -0.1) is 11.8 Å². The number of carbonyl (C=O) groups is 3. The summed E-state index contributed by atoms with van der Waals surface area (Å²) in [6, 6.07) is 29.3. The highest BCUT2D eigenvalue weighted by atomic mass is 127. The minimum atomic E-state index is -1.03. The maximum absolute atomic E-state index is 13.6. The summed E-state index contributed by atoms with van der Waals surface area (Å²) in [4.78, 5) is 38.6. The Morgan fingerprint density at radius 1 is 0.864 bits per heavy atom. The monoisotopic (exact) mass is 729 g/mol. The first-order valence-electron chi connectivity index (χ1n) is 14.5. The lowest BCUT2D eigenvalue weighted by Gasteiger charge is -2.36. The third-order valence-electron chi connectivity index (χ3n) is 6.40. The normalized spacial score (nSPS) is 13.4. The molecule has 0 aromatic heterocycles. The fraction of sp³-hybridized carbons (Fsp3) is 0.343. The number of rotatable bonds is 13. The van der Waals surface area contributed by atoms with Crippen LogP contribution in [0, 0.1) is 0 Å². The fourth-order valence-electron chi connectivity index (χ4n) is 4.48. The standard InChI is InChI=1S/C35H40INO6S/c1-6-41-31(38)29(36)23-22-25(2)42-32(39)30(37-33(40)43-34(3,4)5)24-44-35(26-16-10-7-11-17-26,27-18-12-8-13-19-27)28-20-14-9-15-21-28/h7-21,23,25,30H,6,22,24H2,1-5H3,(H,37,40)/b29-23-/t25-,30-/m1/s1. The smallest absolute Gasteiger partial charge is 0.408 e. The van der Waals surface area contributed by atoms with Gasteiger partial charge in [0, 0.05) is 12.2 Å². The van der Waals surface area contributed by atoms with Gasteiger partial charge in [0.1, 0.15) is 17.7 Å². The van der Waals surface area contributed by atoms with Crippen LogP contribution in [0.1, 0.15) is 57.7 Å². The molecular formula is C35H40INO6S. The molecule has 0 bridgehead atoms. The Balaban J connectivity index is 1.96. The van der Waals surface area contributed by atoms with Crippen LogP contribution in [0.15, 0.2) is 101 Å². The summed E-state index contributed by atoms with van der Waals surface area (Å²) in [5.41, 5.74) is 2.33. The van der Waals surface area contributed by atoms with Gasteiger partial charge in [-0.2, -0.15) is 0 Å². The third kappa shape index (κ3) is 10.1. The minimum Gasteiger partial charge on any atom is -0.462 e. The molecule has 0 heterocycles. The zero-order valence-corrected chi connectivity index (χ0v) is 28.7. The van der Waals surface area contributed by atoms with Crippen LogP contribution in [0.5, 0.6) is 0 Å². The average molecular weight is 730 g/mol. The molecule has 3 aromatic carbocycles. The molecule has 3 aromatic rings. The van der Waals surface area contributed by atoms with Crippen LogP contribution in [0.2, 0.25) is 0 Å². The van der Waals surface area contributed by atoms with Gasteiger partial charge in [0.2, 0.25) is 0 Å². The van der Waals surface area contributed by atoms with Crippen LogP contribution >= 0.6 is 34.4 Å². The van der Waals surface area contributed by atoms with Gasteiger partial charge in [-0.25, -0.2) is 14.4 Å². The highest BCUT2D eigenvalue weighted by molar-refractivity contribution is 14.1. The number of amides is 1. The Kier molecular flexibility index (Phi) is 13.3. The van der Waals surface area contributed by atoms with Gasteiger partial charge in [0.25, 0.3) is 0 Å². The number of alkyl carbamates (subject to hydrolysis) is 1. The Morgan fingerprint density at radius 2 is 1.34 bits per heavy atom. The van der Waals surface area contributed by atoms with E-state index in [9.17, 15) is 14.4 Å². The molecule has 0 saturated carbocycles. The van der Waals surface area contributed by atoms with E-state index in [0.717, 1.165) is 16.7 Å². The van der Waals surface area contributed by atoms with Crippen molar-refractivity contribution in [2.75, 3.05) is 12.4 Å². The van der Waals surface area contributed by atoms with E-state index in [1.165, 1.54) is 11.8 Å². The lowest BCUT2D eigenvalue weighted by atomic mass is 9.84. The van der Waals surface area contributed by atoms with Gasteiger partial charge in [0.15, 0.2) is 0 Å². The molecule has 0 aliphatic carbocycles. The van der Waals surface area contributed by atoms with Gasteiger partial charge in [-0.1, -0.05) is 97.1 Å². The van der Waals surface area contributed by atoms with Crippen LogP contribution in [0.3, 0.4) is 0 Å². The number of esters is 2. The van der Waals surface area contributed by atoms with Gasteiger partial charge in [-0.3, -0.25) is 0 Å². The Hall–Kier alpha value is -3.31. The number of hydrogen-bond donors (Lipinski definition) is 1. The van der Waals surface area contributed by atoms with Crippen molar-refractivity contribution in [2.24, 2.45) is 0 Å². The molecule has 2 atom stereocenters. The maximum Gasteiger partial charge on any atom is 0.408 e. The number of carbonyl (C=O) groups excluding carboxylic acids is 3. The number of halogens is 1. The highest BCUT2D eigenvalue weighted by Gasteiger charge is 2.39. The Morgan fingerprint density at radius 3 is 1.77 bits per heavy atom. The van der Waals surface area contributed by atoms with E-state index in [4.69, 9.17) is 14.2 Å². The van der Waals surface area contributed by atoms with Crippen molar-refractivity contribution in [1.29, 1.82) is 0 Å². The van der Waals surface area contributed by atoms with Crippen molar-refractivity contribution in [3.63, 3.8) is 0 Å². The number of nitrogens with one attached hydrogen (secondary N) is 1. The molecule has 0 spiro atoms. The van der Waals surface area contributed by atoms with Crippen molar-refractivity contribution in [3.05, 3.63) is 117 Å². The maximum atomic E-state index is 13.6. The van der Waals surface area contributed by atoms with Crippen molar-refractivity contribution < 1.29 is 28.6 Å². The summed E-state index contributed by atoms with van der Waals surface area (Å²) in [6.07, 6.45) is 0.704. The van der Waals surface area contributed by atoms with Crippen molar-refractivity contribution in [1.82, 2.24) is 5.32 Å². The molecule has 0 aliphatic rings. The van der Waals surface area contributed by atoms with Gasteiger partial charge < -0.3 is 19.5 Å². The second-order valence-corrected chi connectivity index (χ2v) is 13.4. The van der Waals surface area contributed by atoms with E-state index in [-0.39, 0.29) is 12.4 Å². The van der Waals surface area contributed by atoms with Gasteiger partial charge >= 0.3 is 18.0 Å². The van der Waals surface area contributed by atoms with Crippen LogP contribution in [-0.4, -0.2) is 48.1 Å². The third-order valence-corrected chi connectivity index (χ3v) is 8.92. The van der Waals surface area contributed by atoms with Crippen LogP contribution in [0.25, 0.3) is 0 Å². The van der Waals surface area contributed by atoms with E-state index in [1.807, 2.05) is 77.2 Å². The lowest BCUT2D eigenvalue weighted by Crippen LogP contribution is -2.47. The predicted octanol–water partition coefficient (Wildman–Crippen LogP) is 7.81. The molecule has 1 amide bonds. The molecule has 9 heteroatoms. The van der Waals surface area contributed by atoms with Gasteiger partial charge in [-0.05, 0) is 73.9 Å². The summed E-state index contributed by atoms with van der Waals surface area (Å²) >= 11 is 3.44. The van der Waals surface area contributed by atoms with Crippen LogP contribution < -0.4 is 5.32 Å². The van der Waals surface area contributed by atoms with E-state index < -0.39 is 40.5 Å². The second kappa shape index (κ2) is 16.7. The predicted molar refractivity (Wildman–Crippen MR) is 184 cm³/mol. The first kappa shape index (κ1) is 35.2. The molecule has 7 nitrogen and oxygen atoms in total. The van der Waals surface area contributed by atoms with Crippen molar-refractivity contribution >= 4 is 52.4 Å². The average Bonchev–Trinajstić information content (AvgIpc) is 3.00. The SMILES string of the molecule is CCOC(=O)/C(I)=C/C[C@@H](C)OC(=O)[C@@H](CSC(c1ccccc1)(c1ccccc1)c1ccccc1)NC(=O)OC(C)(C)C. The zero-order chi connectivity index (χ0) is 32.2. The van der Waals surface area contributed by atoms with Crippen LogP contribution in [0.4, 0.5) is 4.79 Å². The number of ether oxygens (including phenoxy) is 3. The van der Waals surface area contributed by atoms with E-state index in [1.54, 1.807) is 40.7 Å². The Bertz CT molecular complexity index is 1300. The summed E-state index contributed by atoms with van der Waals surface area (Å²) in [5.74, 6) is -0.843. The zero-order valence-electron chi connectivity index (χ0n) is 25.7. The molecule has 44 heavy (non-hydrogen) atoms. The summed E-state index contributed by atoms with van der Waals surface area (Å²) in [7, 11) is 0. The van der Waals surface area contributed by atoms with Crippen molar-refractivity contribution in [2.45, 2.75) is 63.5 Å². The largest absolute Gasteiger partial charge is 0.462 e. The van der Waals surface area contributed by atoms with Gasteiger partial charge in [0.05, 0.1) is 14.9 Å². The van der Waals surface area contributed by atoms with E-state index in [2.05, 4.69) is 41.7 Å². The molecule has 234 valence electrons. The van der Waals surface area contributed by atoms with Crippen molar-refractivity contribution in [3.8, 4) is 0 Å². The summed E-state index contributed by atoms with van der Waals surface area (Å²) in [6.45, 7) is 9.04. The molecular weight excluding hydrogens is 689 g/mol. The number of hydrogen-bond acceptors (Lipinski definition) is 7. The number of benzene rings is 3. The quantitative estimate of drug-likeness (QED) is 0.0632. The molecule has 0 aliphatic heterocycles. The Labute approximate surface area is 278 Å². The van der Waals surface area contributed by atoms with E-state index in [0.29, 0.717) is 10.0 Å². The summed E-state index contributed by atoms with van der Waals surface area (Å²) in [5, 5.41) is 2.76. The minimum absolute atomic E-state index is 0.180. The first-order chi connectivity index (χ1) is 21.0. The molecule has 3 rings (SSSR count). The lowest BCUT2D eigenvalue weighted by molar-refractivity contribution is -0.150. The summed E-state index contributed by atoms with van der Waals surface area (Å²) < 4.78 is 16.0. The highest BCUT2D eigenvalue weighted by Crippen LogP contribution is 2.48. The topological polar surface area (TPSA) is 90.9 Å². The van der Waals surface area contributed by atoms with E-state index >= 15 is 0 Å². The molecule has 0 radical (unpaired) electrons. The number of thioether (sulfide) groups is 1. The second-order valence-electron chi connectivity index (χ2n) is 11.0. The molecule has 0 unspecified atom stereocenters. The first-order valence-corrected chi connectivity index (χ1v) is 16.6. The van der Waals surface area contributed by atoms with Crippen LogP contribution in [-0.2, 0) is 28.5 Å². The fourth-order valence-corrected chi connectivity index (χ4v) is 6.43. The molecule has 0 saturated heterocycles. The molecule has 1 N–H and O–H groups in total.